The second kappa shape index (κ2) is 7.68. The third kappa shape index (κ3) is 4.03. The van der Waals surface area contributed by atoms with Gasteiger partial charge in [-0.1, -0.05) is 26.7 Å². The predicted octanol–water partition coefficient (Wildman–Crippen LogP) is 3.88. The van der Waals surface area contributed by atoms with Crippen LogP contribution in [0.25, 0.3) is 0 Å². The Morgan fingerprint density at radius 3 is 2.77 bits per heavy atom. The highest BCUT2D eigenvalue weighted by molar-refractivity contribution is 5.85. The molecule has 122 valence electrons. The number of nitrogens with zero attached hydrogens (tertiary/aromatic N) is 4. The number of rotatable bonds is 6. The van der Waals surface area contributed by atoms with Crippen molar-refractivity contribution in [2.75, 3.05) is 5.32 Å². The summed E-state index contributed by atoms with van der Waals surface area (Å²) in [6, 6.07) is 2.68. The van der Waals surface area contributed by atoms with Crippen molar-refractivity contribution in [3.8, 4) is 0 Å². The van der Waals surface area contributed by atoms with E-state index in [1.165, 1.54) is 31.4 Å². The van der Waals surface area contributed by atoms with Gasteiger partial charge in [-0.3, -0.25) is 9.36 Å². The molecule has 1 aliphatic rings. The zero-order valence-electron chi connectivity index (χ0n) is 13.4. The molecule has 0 spiro atoms. The molecule has 0 bridgehead atoms. The van der Waals surface area contributed by atoms with Gasteiger partial charge in [0.15, 0.2) is 0 Å². The SMILES string of the molecule is CC(C)Cn1nccc1CNc1cnn(C2CCCC2)c1.Cl. The van der Waals surface area contributed by atoms with Crippen molar-refractivity contribution in [2.24, 2.45) is 5.92 Å². The first-order chi connectivity index (χ1) is 10.2. The summed E-state index contributed by atoms with van der Waals surface area (Å²) in [6.45, 7) is 6.18. The van der Waals surface area contributed by atoms with Crippen LogP contribution in [0.4, 0.5) is 5.69 Å². The summed E-state index contributed by atoms with van der Waals surface area (Å²) in [5, 5.41) is 12.4. The van der Waals surface area contributed by atoms with Crippen LogP contribution in [0.3, 0.4) is 0 Å². The standard InChI is InChI=1S/C16H25N5.ClH/c1-13(2)11-20-16(7-8-18-20)10-17-14-9-19-21(12-14)15-5-3-4-6-15;/h7-9,12-13,15,17H,3-6,10-11H2,1-2H3;1H. The summed E-state index contributed by atoms with van der Waals surface area (Å²) in [4.78, 5) is 0. The lowest BCUT2D eigenvalue weighted by atomic mass is 10.2. The first-order valence-electron chi connectivity index (χ1n) is 8.01. The van der Waals surface area contributed by atoms with Crippen molar-refractivity contribution in [3.05, 3.63) is 30.4 Å². The van der Waals surface area contributed by atoms with Crippen molar-refractivity contribution >= 4 is 18.1 Å². The fourth-order valence-corrected chi connectivity index (χ4v) is 3.01. The van der Waals surface area contributed by atoms with E-state index in [0.29, 0.717) is 12.0 Å². The monoisotopic (exact) mass is 323 g/mol. The average molecular weight is 324 g/mol. The van der Waals surface area contributed by atoms with Gasteiger partial charge in [-0.25, -0.2) is 0 Å². The van der Waals surface area contributed by atoms with E-state index >= 15 is 0 Å². The first-order valence-corrected chi connectivity index (χ1v) is 8.01. The Bertz CT molecular complexity index is 569. The topological polar surface area (TPSA) is 47.7 Å². The Kier molecular flexibility index (Phi) is 5.89. The Morgan fingerprint density at radius 1 is 1.27 bits per heavy atom. The van der Waals surface area contributed by atoms with Crippen molar-refractivity contribution in [1.82, 2.24) is 19.6 Å². The predicted molar refractivity (Wildman–Crippen MR) is 91.4 cm³/mol. The summed E-state index contributed by atoms with van der Waals surface area (Å²) < 4.78 is 4.21. The van der Waals surface area contributed by atoms with Crippen LogP contribution in [-0.4, -0.2) is 19.6 Å². The van der Waals surface area contributed by atoms with Crippen LogP contribution >= 0.6 is 12.4 Å². The van der Waals surface area contributed by atoms with Gasteiger partial charge >= 0.3 is 0 Å². The van der Waals surface area contributed by atoms with Crippen LogP contribution in [0.2, 0.25) is 0 Å². The first kappa shape index (κ1) is 16.9. The van der Waals surface area contributed by atoms with Gasteiger partial charge < -0.3 is 5.32 Å². The molecule has 0 amide bonds. The molecule has 0 radical (unpaired) electrons. The van der Waals surface area contributed by atoms with E-state index in [1.807, 2.05) is 12.4 Å². The summed E-state index contributed by atoms with van der Waals surface area (Å²) in [7, 11) is 0. The van der Waals surface area contributed by atoms with Crippen LogP contribution in [0.15, 0.2) is 24.7 Å². The van der Waals surface area contributed by atoms with E-state index in [2.05, 4.69) is 51.0 Å². The van der Waals surface area contributed by atoms with Crippen molar-refractivity contribution in [1.29, 1.82) is 0 Å². The summed E-state index contributed by atoms with van der Waals surface area (Å²) in [6.07, 6.45) is 11.1. The lowest BCUT2D eigenvalue weighted by molar-refractivity contribution is 0.467. The number of hydrogen-bond donors (Lipinski definition) is 1. The van der Waals surface area contributed by atoms with Gasteiger partial charge in [0.1, 0.15) is 0 Å². The molecular weight excluding hydrogens is 298 g/mol. The molecule has 1 N–H and O–H groups in total. The van der Waals surface area contributed by atoms with Crippen LogP contribution < -0.4 is 5.32 Å². The van der Waals surface area contributed by atoms with E-state index < -0.39 is 0 Å². The summed E-state index contributed by atoms with van der Waals surface area (Å²) >= 11 is 0. The Morgan fingerprint density at radius 2 is 2.05 bits per heavy atom. The highest BCUT2D eigenvalue weighted by Crippen LogP contribution is 2.29. The molecule has 2 aromatic heterocycles. The molecule has 0 saturated heterocycles. The molecule has 0 aromatic carbocycles. The third-order valence-corrected chi connectivity index (χ3v) is 4.12. The normalized spacial score (nSPS) is 15.2. The number of hydrogen-bond acceptors (Lipinski definition) is 3. The number of aromatic nitrogens is 4. The molecule has 22 heavy (non-hydrogen) atoms. The zero-order chi connectivity index (χ0) is 14.7. The molecule has 5 nitrogen and oxygen atoms in total. The van der Waals surface area contributed by atoms with Gasteiger partial charge in [-0.05, 0) is 24.8 Å². The van der Waals surface area contributed by atoms with Gasteiger partial charge in [-0.2, -0.15) is 10.2 Å². The van der Waals surface area contributed by atoms with Crippen LogP contribution in [0, 0.1) is 5.92 Å². The lowest BCUT2D eigenvalue weighted by Crippen LogP contribution is -2.12. The van der Waals surface area contributed by atoms with Gasteiger partial charge in [-0.15, -0.1) is 12.4 Å². The van der Waals surface area contributed by atoms with Gasteiger partial charge in [0.2, 0.25) is 0 Å². The molecule has 0 aliphatic heterocycles. The maximum atomic E-state index is 4.50. The van der Waals surface area contributed by atoms with Gasteiger partial charge in [0.05, 0.1) is 30.2 Å². The van der Waals surface area contributed by atoms with Crippen molar-refractivity contribution in [2.45, 2.75) is 58.7 Å². The quantitative estimate of drug-likeness (QED) is 0.877. The molecule has 0 atom stereocenters. The van der Waals surface area contributed by atoms with Gasteiger partial charge in [0, 0.05) is 18.9 Å². The number of nitrogens with one attached hydrogen (secondary N) is 1. The third-order valence-electron chi connectivity index (χ3n) is 4.12. The fourth-order valence-electron chi connectivity index (χ4n) is 3.01. The highest BCUT2D eigenvalue weighted by Gasteiger charge is 2.17. The minimum atomic E-state index is 0. The minimum absolute atomic E-state index is 0. The molecule has 0 unspecified atom stereocenters. The number of halogens is 1. The Hall–Kier alpha value is -1.49. The molecule has 3 rings (SSSR count). The van der Waals surface area contributed by atoms with Crippen molar-refractivity contribution < 1.29 is 0 Å². The van der Waals surface area contributed by atoms with Crippen LogP contribution in [-0.2, 0) is 13.1 Å². The highest BCUT2D eigenvalue weighted by atomic mass is 35.5. The van der Waals surface area contributed by atoms with Crippen LogP contribution in [0.1, 0.15) is 51.3 Å². The van der Waals surface area contributed by atoms with E-state index in [0.717, 1.165) is 18.8 Å². The lowest BCUT2D eigenvalue weighted by Gasteiger charge is -2.11. The van der Waals surface area contributed by atoms with E-state index in [4.69, 9.17) is 0 Å². The smallest absolute Gasteiger partial charge is 0.0729 e. The average Bonchev–Trinajstić information content (AvgIpc) is 3.17. The van der Waals surface area contributed by atoms with E-state index in [1.54, 1.807) is 0 Å². The summed E-state index contributed by atoms with van der Waals surface area (Å²) in [5.74, 6) is 0.605. The van der Waals surface area contributed by atoms with E-state index in [-0.39, 0.29) is 12.4 Å². The molecule has 6 heteroatoms. The Labute approximate surface area is 138 Å². The molecule has 2 heterocycles. The minimum Gasteiger partial charge on any atom is -0.377 e. The maximum absolute atomic E-state index is 4.50. The van der Waals surface area contributed by atoms with Crippen LogP contribution in [0.5, 0.6) is 0 Å². The fraction of sp³-hybridized carbons (Fsp3) is 0.625. The second-order valence-corrected chi connectivity index (χ2v) is 6.40. The molecule has 1 fully saturated rings. The zero-order valence-corrected chi connectivity index (χ0v) is 14.2. The molecular formula is C16H26ClN5. The molecule has 2 aromatic rings. The maximum Gasteiger partial charge on any atom is 0.0729 e. The molecule has 1 saturated carbocycles. The second-order valence-electron chi connectivity index (χ2n) is 6.40. The Balaban J connectivity index is 0.00000176. The van der Waals surface area contributed by atoms with Crippen molar-refractivity contribution in [3.63, 3.8) is 0 Å². The summed E-state index contributed by atoms with van der Waals surface area (Å²) in [5.41, 5.74) is 2.32. The largest absolute Gasteiger partial charge is 0.377 e. The van der Waals surface area contributed by atoms with E-state index in [9.17, 15) is 0 Å². The number of anilines is 1. The molecule has 1 aliphatic carbocycles. The van der Waals surface area contributed by atoms with Gasteiger partial charge in [0.25, 0.3) is 0 Å².